The summed E-state index contributed by atoms with van der Waals surface area (Å²) < 4.78 is 0. The molecule has 0 aliphatic heterocycles. The molecule has 0 saturated carbocycles. The van der Waals surface area contributed by atoms with Gasteiger partial charge >= 0.3 is 0 Å². The van der Waals surface area contributed by atoms with Crippen molar-refractivity contribution in [2.75, 3.05) is 0 Å². The fourth-order valence-corrected chi connectivity index (χ4v) is 1.75. The van der Waals surface area contributed by atoms with Gasteiger partial charge in [-0.3, -0.25) is 9.59 Å². The van der Waals surface area contributed by atoms with Gasteiger partial charge in [0.05, 0.1) is 6.04 Å². The van der Waals surface area contributed by atoms with Gasteiger partial charge in [-0.25, -0.2) is 0 Å². The van der Waals surface area contributed by atoms with Crippen molar-refractivity contribution in [3.63, 3.8) is 0 Å². The molecular weight excluding hydrogens is 214 g/mol. The number of hydrogen-bond donors (Lipinski definition) is 1. The summed E-state index contributed by atoms with van der Waals surface area (Å²) in [6.45, 7) is 9.70. The lowest BCUT2D eigenvalue weighted by atomic mass is 9.98. The van der Waals surface area contributed by atoms with Crippen LogP contribution in [0, 0.1) is 11.8 Å². The van der Waals surface area contributed by atoms with E-state index in [1.807, 2.05) is 6.92 Å². The molecule has 0 aromatic carbocycles. The van der Waals surface area contributed by atoms with Gasteiger partial charge in [0.25, 0.3) is 0 Å². The van der Waals surface area contributed by atoms with E-state index in [9.17, 15) is 9.59 Å². The molecule has 0 rings (SSSR count). The van der Waals surface area contributed by atoms with Crippen LogP contribution in [0.25, 0.3) is 0 Å². The summed E-state index contributed by atoms with van der Waals surface area (Å²) in [5.74, 6) is 0.480. The number of rotatable bonds is 8. The van der Waals surface area contributed by atoms with Crippen LogP contribution in [-0.4, -0.2) is 17.7 Å². The highest BCUT2D eigenvalue weighted by molar-refractivity contribution is 5.88. The topological polar surface area (TPSA) is 46.2 Å². The summed E-state index contributed by atoms with van der Waals surface area (Å²) in [5.41, 5.74) is 0. The second-order valence-corrected chi connectivity index (χ2v) is 5.34. The van der Waals surface area contributed by atoms with Crippen LogP contribution in [0.1, 0.15) is 60.3 Å². The molecular formula is C14H27NO2. The minimum absolute atomic E-state index is 0.00367. The summed E-state index contributed by atoms with van der Waals surface area (Å²) in [6, 6.07) is -0.313. The molecule has 0 aromatic heterocycles. The lowest BCUT2D eigenvalue weighted by molar-refractivity contribution is -0.129. The molecule has 100 valence electrons. The number of carbonyl (C=O) groups is 2. The molecule has 0 saturated heterocycles. The van der Waals surface area contributed by atoms with Gasteiger partial charge < -0.3 is 5.32 Å². The monoisotopic (exact) mass is 241 g/mol. The first-order valence-electron chi connectivity index (χ1n) is 6.69. The van der Waals surface area contributed by atoms with Crippen LogP contribution >= 0.6 is 0 Å². The standard InChI is InChI=1S/C14H27NO2/c1-6-7-8-11(4)14(17)15-13(12(5)16)9-10(2)3/h10-11,13H,6-9H2,1-5H3,(H,15,17)/t11-,13-/m0/s1. The predicted molar refractivity (Wildman–Crippen MR) is 70.8 cm³/mol. The van der Waals surface area contributed by atoms with Crippen molar-refractivity contribution in [1.29, 1.82) is 0 Å². The van der Waals surface area contributed by atoms with Crippen LogP contribution in [0.3, 0.4) is 0 Å². The molecule has 0 aliphatic carbocycles. The SMILES string of the molecule is CCCC[C@H](C)C(=O)N[C@@H](CC(C)C)C(C)=O. The van der Waals surface area contributed by atoms with E-state index in [0.717, 1.165) is 25.7 Å². The predicted octanol–water partition coefficient (Wildman–Crippen LogP) is 2.93. The minimum Gasteiger partial charge on any atom is -0.346 e. The van der Waals surface area contributed by atoms with Crippen molar-refractivity contribution in [2.24, 2.45) is 11.8 Å². The first kappa shape index (κ1) is 16.1. The summed E-state index contributed by atoms with van der Waals surface area (Å²) in [7, 11) is 0. The second kappa shape index (κ2) is 8.26. The lowest BCUT2D eigenvalue weighted by Crippen LogP contribution is -2.43. The molecule has 1 N–H and O–H groups in total. The van der Waals surface area contributed by atoms with Crippen LogP contribution in [0.15, 0.2) is 0 Å². The van der Waals surface area contributed by atoms with Gasteiger partial charge in [-0.15, -0.1) is 0 Å². The first-order valence-corrected chi connectivity index (χ1v) is 6.69. The molecule has 1 amide bonds. The Morgan fingerprint density at radius 2 is 1.76 bits per heavy atom. The van der Waals surface area contributed by atoms with Gasteiger partial charge in [0, 0.05) is 5.92 Å². The minimum atomic E-state index is -0.313. The molecule has 3 nitrogen and oxygen atoms in total. The van der Waals surface area contributed by atoms with Crippen molar-refractivity contribution in [3.8, 4) is 0 Å². The maximum Gasteiger partial charge on any atom is 0.223 e. The summed E-state index contributed by atoms with van der Waals surface area (Å²) in [6.07, 6.45) is 3.78. The Bertz CT molecular complexity index is 249. The Morgan fingerprint density at radius 3 is 2.18 bits per heavy atom. The molecule has 0 fully saturated rings. The molecule has 0 spiro atoms. The van der Waals surface area contributed by atoms with Crippen molar-refractivity contribution < 1.29 is 9.59 Å². The molecule has 0 unspecified atom stereocenters. The molecule has 3 heteroatoms. The van der Waals surface area contributed by atoms with E-state index in [0.29, 0.717) is 5.92 Å². The van der Waals surface area contributed by atoms with E-state index in [1.54, 1.807) is 6.92 Å². The highest BCUT2D eigenvalue weighted by atomic mass is 16.2. The normalized spacial score (nSPS) is 14.5. The van der Waals surface area contributed by atoms with Gasteiger partial charge in [-0.2, -0.15) is 0 Å². The maximum atomic E-state index is 11.9. The van der Waals surface area contributed by atoms with Gasteiger partial charge in [0.15, 0.2) is 5.78 Å². The van der Waals surface area contributed by atoms with E-state index in [-0.39, 0.29) is 23.7 Å². The highest BCUT2D eigenvalue weighted by Gasteiger charge is 2.21. The third-order valence-electron chi connectivity index (χ3n) is 2.95. The Hall–Kier alpha value is -0.860. The van der Waals surface area contributed by atoms with Crippen molar-refractivity contribution >= 4 is 11.7 Å². The molecule has 0 bridgehead atoms. The summed E-state index contributed by atoms with van der Waals surface area (Å²) in [4.78, 5) is 23.3. The Labute approximate surface area is 105 Å². The van der Waals surface area contributed by atoms with Crippen LogP contribution in [0.5, 0.6) is 0 Å². The molecule has 0 radical (unpaired) electrons. The fourth-order valence-electron chi connectivity index (χ4n) is 1.75. The van der Waals surface area contributed by atoms with Crippen molar-refractivity contribution in [3.05, 3.63) is 0 Å². The average molecular weight is 241 g/mol. The number of hydrogen-bond acceptors (Lipinski definition) is 2. The number of Topliss-reactive ketones (excluding diaryl/α,β-unsaturated/α-hetero) is 1. The van der Waals surface area contributed by atoms with E-state index in [2.05, 4.69) is 26.1 Å². The molecule has 0 heterocycles. The van der Waals surface area contributed by atoms with E-state index < -0.39 is 0 Å². The molecule has 2 atom stereocenters. The van der Waals surface area contributed by atoms with Crippen molar-refractivity contribution in [2.45, 2.75) is 66.3 Å². The zero-order chi connectivity index (χ0) is 13.4. The van der Waals surface area contributed by atoms with E-state index >= 15 is 0 Å². The first-order chi connectivity index (χ1) is 7.88. The Kier molecular flexibility index (Phi) is 7.85. The quantitative estimate of drug-likeness (QED) is 0.710. The van der Waals surface area contributed by atoms with Crippen molar-refractivity contribution in [1.82, 2.24) is 5.32 Å². The largest absolute Gasteiger partial charge is 0.346 e. The van der Waals surface area contributed by atoms with Crippen LogP contribution in [-0.2, 0) is 9.59 Å². The fraction of sp³-hybridized carbons (Fsp3) is 0.857. The highest BCUT2D eigenvalue weighted by Crippen LogP contribution is 2.10. The smallest absolute Gasteiger partial charge is 0.223 e. The van der Waals surface area contributed by atoms with E-state index in [1.165, 1.54) is 0 Å². The summed E-state index contributed by atoms with van der Waals surface area (Å²) >= 11 is 0. The Morgan fingerprint density at radius 1 is 1.18 bits per heavy atom. The third kappa shape index (κ3) is 7.14. The zero-order valence-electron chi connectivity index (χ0n) is 11.9. The Balaban J connectivity index is 4.25. The zero-order valence-corrected chi connectivity index (χ0v) is 11.9. The van der Waals surface area contributed by atoms with Gasteiger partial charge in [-0.05, 0) is 25.7 Å². The van der Waals surface area contributed by atoms with Gasteiger partial charge in [0.2, 0.25) is 5.91 Å². The number of unbranched alkanes of at least 4 members (excludes halogenated alkanes) is 1. The average Bonchev–Trinajstić information content (AvgIpc) is 2.23. The number of nitrogens with one attached hydrogen (secondary N) is 1. The molecule has 17 heavy (non-hydrogen) atoms. The lowest BCUT2D eigenvalue weighted by Gasteiger charge is -2.20. The maximum absolute atomic E-state index is 11.9. The molecule has 0 aliphatic rings. The van der Waals surface area contributed by atoms with Gasteiger partial charge in [-0.1, -0.05) is 40.5 Å². The van der Waals surface area contributed by atoms with E-state index in [4.69, 9.17) is 0 Å². The second-order valence-electron chi connectivity index (χ2n) is 5.34. The summed E-state index contributed by atoms with van der Waals surface area (Å²) in [5, 5.41) is 2.87. The number of amides is 1. The van der Waals surface area contributed by atoms with Gasteiger partial charge in [0.1, 0.15) is 0 Å². The number of ketones is 1. The molecule has 0 aromatic rings. The number of carbonyl (C=O) groups excluding carboxylic acids is 2. The van der Waals surface area contributed by atoms with Crippen LogP contribution in [0.2, 0.25) is 0 Å². The van der Waals surface area contributed by atoms with Crippen LogP contribution in [0.4, 0.5) is 0 Å². The third-order valence-corrected chi connectivity index (χ3v) is 2.95. The van der Waals surface area contributed by atoms with Crippen LogP contribution < -0.4 is 5.32 Å².